The number of aromatic nitrogens is 2. The van der Waals surface area contributed by atoms with Gasteiger partial charge >= 0.3 is 0 Å². The van der Waals surface area contributed by atoms with E-state index in [4.69, 9.17) is 5.73 Å². The van der Waals surface area contributed by atoms with Crippen LogP contribution in [0.15, 0.2) is 18.2 Å². The van der Waals surface area contributed by atoms with Gasteiger partial charge < -0.3 is 10.3 Å². The van der Waals surface area contributed by atoms with Gasteiger partial charge in [-0.15, -0.1) is 0 Å². The summed E-state index contributed by atoms with van der Waals surface area (Å²) in [6.07, 6.45) is 2.40. The van der Waals surface area contributed by atoms with Gasteiger partial charge in [0.1, 0.15) is 5.82 Å². The van der Waals surface area contributed by atoms with Gasteiger partial charge in [0.15, 0.2) is 9.84 Å². The molecule has 0 spiro atoms. The molecule has 2 aromatic rings. The molecule has 0 saturated carbocycles. The smallest absolute Gasteiger partial charge is 0.152 e. The van der Waals surface area contributed by atoms with E-state index in [-0.39, 0.29) is 11.8 Å². The van der Waals surface area contributed by atoms with Gasteiger partial charge in [-0.3, -0.25) is 0 Å². The van der Waals surface area contributed by atoms with Crippen LogP contribution in [0, 0.1) is 0 Å². The van der Waals surface area contributed by atoms with Gasteiger partial charge in [-0.25, -0.2) is 13.4 Å². The number of aryl methyl sites for hydroxylation is 1. The third-order valence-electron chi connectivity index (χ3n) is 3.91. The number of hydrogen-bond donors (Lipinski definition) is 1. The molecule has 1 aliphatic rings. The molecule has 0 radical (unpaired) electrons. The first-order valence-electron chi connectivity index (χ1n) is 6.97. The Labute approximate surface area is 118 Å². The molecule has 1 unspecified atom stereocenters. The highest BCUT2D eigenvalue weighted by Gasteiger charge is 2.28. The molecule has 2 N–H and O–H groups in total. The summed E-state index contributed by atoms with van der Waals surface area (Å²) in [5, 5.41) is 0. The quantitative estimate of drug-likeness (QED) is 0.858. The average Bonchev–Trinajstić information content (AvgIpc) is 2.74. The van der Waals surface area contributed by atoms with E-state index >= 15 is 0 Å². The van der Waals surface area contributed by atoms with Crippen molar-refractivity contribution in [2.45, 2.75) is 32.2 Å². The Morgan fingerprint density at radius 3 is 2.95 bits per heavy atom. The highest BCUT2D eigenvalue weighted by atomic mass is 32.2. The predicted octanol–water partition coefficient (Wildman–Crippen LogP) is 1.93. The maximum Gasteiger partial charge on any atom is 0.152 e. The first-order valence-corrected chi connectivity index (χ1v) is 8.79. The van der Waals surface area contributed by atoms with Crippen LogP contribution in [0.3, 0.4) is 0 Å². The molecular weight excluding hydrogens is 274 g/mol. The third-order valence-corrected chi connectivity index (χ3v) is 5.71. The lowest BCUT2D eigenvalue weighted by atomic mass is 10.1. The Morgan fingerprint density at radius 1 is 1.45 bits per heavy atom. The monoisotopic (exact) mass is 293 g/mol. The van der Waals surface area contributed by atoms with Gasteiger partial charge in [0.25, 0.3) is 0 Å². The number of hydrogen-bond acceptors (Lipinski definition) is 4. The molecule has 1 saturated heterocycles. The highest BCUT2D eigenvalue weighted by Crippen LogP contribution is 2.30. The van der Waals surface area contributed by atoms with Crippen molar-refractivity contribution in [3.63, 3.8) is 0 Å². The summed E-state index contributed by atoms with van der Waals surface area (Å²) in [6, 6.07) is 5.63. The second-order valence-corrected chi connectivity index (χ2v) is 7.64. The van der Waals surface area contributed by atoms with Crippen molar-refractivity contribution in [1.82, 2.24) is 9.55 Å². The Hall–Kier alpha value is -1.56. The number of sulfone groups is 1. The maximum atomic E-state index is 11.9. The van der Waals surface area contributed by atoms with Crippen molar-refractivity contribution in [1.29, 1.82) is 0 Å². The van der Waals surface area contributed by atoms with Gasteiger partial charge in [0.2, 0.25) is 0 Å². The largest absolute Gasteiger partial charge is 0.399 e. The van der Waals surface area contributed by atoms with E-state index in [1.54, 1.807) is 0 Å². The number of benzene rings is 1. The minimum absolute atomic E-state index is 0.00248. The van der Waals surface area contributed by atoms with Crippen molar-refractivity contribution in [3.8, 4) is 0 Å². The zero-order chi connectivity index (χ0) is 14.3. The van der Waals surface area contributed by atoms with Crippen molar-refractivity contribution in [2.75, 3.05) is 17.2 Å². The number of fused-ring (bicyclic) bond motifs is 1. The lowest BCUT2D eigenvalue weighted by Crippen LogP contribution is -2.28. The van der Waals surface area contributed by atoms with Gasteiger partial charge in [0.05, 0.1) is 22.5 Å². The molecule has 3 rings (SSSR count). The number of rotatable bonds is 2. The Kier molecular flexibility index (Phi) is 3.20. The van der Waals surface area contributed by atoms with Crippen molar-refractivity contribution in [3.05, 3.63) is 24.0 Å². The summed E-state index contributed by atoms with van der Waals surface area (Å²) in [7, 11) is -2.93. The third kappa shape index (κ3) is 2.28. The number of nitrogens with zero attached hydrogens (tertiary/aromatic N) is 2. The van der Waals surface area contributed by atoms with Crippen LogP contribution in [0.1, 0.15) is 31.6 Å². The molecular formula is C14H19N3O2S. The van der Waals surface area contributed by atoms with E-state index in [0.717, 1.165) is 36.1 Å². The molecule has 108 valence electrons. The molecule has 5 nitrogen and oxygen atoms in total. The topological polar surface area (TPSA) is 78.0 Å². The molecule has 20 heavy (non-hydrogen) atoms. The number of nitrogen functional groups attached to an aromatic ring is 1. The van der Waals surface area contributed by atoms with Crippen LogP contribution in [0.4, 0.5) is 5.69 Å². The lowest BCUT2D eigenvalue weighted by Gasteiger charge is -2.25. The first kappa shape index (κ1) is 13.4. The van der Waals surface area contributed by atoms with Gasteiger partial charge in [0, 0.05) is 18.2 Å². The molecule has 0 amide bonds. The van der Waals surface area contributed by atoms with Crippen LogP contribution in [0.5, 0.6) is 0 Å². The Morgan fingerprint density at radius 2 is 2.25 bits per heavy atom. The molecule has 1 aromatic heterocycles. The van der Waals surface area contributed by atoms with Gasteiger partial charge in [-0.05, 0) is 31.0 Å². The van der Waals surface area contributed by atoms with E-state index in [2.05, 4.69) is 9.55 Å². The fourth-order valence-electron chi connectivity index (χ4n) is 3.02. The predicted molar refractivity (Wildman–Crippen MR) is 80.4 cm³/mol. The number of nitrogens with two attached hydrogens (primary N) is 1. The van der Waals surface area contributed by atoms with Crippen molar-refractivity contribution < 1.29 is 8.42 Å². The van der Waals surface area contributed by atoms with Crippen molar-refractivity contribution in [2.24, 2.45) is 0 Å². The molecule has 1 atom stereocenters. The van der Waals surface area contributed by atoms with E-state index in [9.17, 15) is 8.42 Å². The normalized spacial score (nSPS) is 22.1. The first-order chi connectivity index (χ1) is 9.50. The van der Waals surface area contributed by atoms with Crippen LogP contribution in [-0.2, 0) is 16.3 Å². The molecule has 0 aliphatic carbocycles. The SMILES string of the molecule is CCc1nc2cc(N)ccc2n1C1CCCS(=O)(=O)C1. The van der Waals surface area contributed by atoms with E-state index in [0.29, 0.717) is 11.4 Å². The van der Waals surface area contributed by atoms with Crippen molar-refractivity contribution >= 4 is 26.6 Å². The number of anilines is 1. The highest BCUT2D eigenvalue weighted by molar-refractivity contribution is 7.91. The summed E-state index contributed by atoms with van der Waals surface area (Å²) in [5.74, 6) is 1.47. The second-order valence-electron chi connectivity index (χ2n) is 5.41. The summed E-state index contributed by atoms with van der Waals surface area (Å²) < 4.78 is 25.9. The zero-order valence-electron chi connectivity index (χ0n) is 11.5. The molecule has 2 heterocycles. The summed E-state index contributed by atoms with van der Waals surface area (Å²) in [4.78, 5) is 4.60. The summed E-state index contributed by atoms with van der Waals surface area (Å²) in [5.41, 5.74) is 8.32. The maximum absolute atomic E-state index is 11.9. The molecule has 1 fully saturated rings. The molecule has 6 heteroatoms. The van der Waals surface area contributed by atoms with Crippen LogP contribution < -0.4 is 5.73 Å². The summed E-state index contributed by atoms with van der Waals surface area (Å²) >= 11 is 0. The fourth-order valence-corrected chi connectivity index (χ4v) is 4.70. The zero-order valence-corrected chi connectivity index (χ0v) is 12.4. The van der Waals surface area contributed by atoms with E-state index < -0.39 is 9.84 Å². The molecule has 0 bridgehead atoms. The van der Waals surface area contributed by atoms with Gasteiger partial charge in [-0.2, -0.15) is 0 Å². The number of imidazole rings is 1. The molecule has 1 aromatic carbocycles. The summed E-state index contributed by atoms with van der Waals surface area (Å²) in [6.45, 7) is 2.04. The minimum Gasteiger partial charge on any atom is -0.399 e. The van der Waals surface area contributed by atoms with Crippen LogP contribution in [-0.4, -0.2) is 29.5 Å². The fraction of sp³-hybridized carbons (Fsp3) is 0.500. The van der Waals surface area contributed by atoms with Crippen LogP contribution in [0.25, 0.3) is 11.0 Å². The standard InChI is InChI=1S/C14H19N3O2S/c1-2-14-16-12-8-10(15)5-6-13(12)17(14)11-4-3-7-20(18,19)9-11/h5-6,8,11H,2-4,7,9,15H2,1H3. The Balaban J connectivity index is 2.14. The van der Waals surface area contributed by atoms with E-state index in [1.165, 1.54) is 0 Å². The Bertz CT molecular complexity index is 749. The second kappa shape index (κ2) is 4.77. The van der Waals surface area contributed by atoms with Gasteiger partial charge in [-0.1, -0.05) is 6.92 Å². The van der Waals surface area contributed by atoms with Crippen LogP contribution >= 0.6 is 0 Å². The van der Waals surface area contributed by atoms with E-state index in [1.807, 2.05) is 25.1 Å². The average molecular weight is 293 g/mol. The minimum atomic E-state index is -2.93. The lowest BCUT2D eigenvalue weighted by molar-refractivity contribution is 0.468. The molecule has 1 aliphatic heterocycles. The van der Waals surface area contributed by atoms with Crippen LogP contribution in [0.2, 0.25) is 0 Å².